The maximum atomic E-state index is 11.2. The first-order chi connectivity index (χ1) is 7.45. The second-order valence-corrected chi connectivity index (χ2v) is 4.79. The molecule has 0 spiro atoms. The molecule has 1 aromatic rings. The molecule has 1 heterocycles. The van der Waals surface area contributed by atoms with Crippen molar-refractivity contribution < 1.29 is 14.6 Å². The predicted molar refractivity (Wildman–Crippen MR) is 61.2 cm³/mol. The van der Waals surface area contributed by atoms with Crippen LogP contribution in [0.4, 0.5) is 0 Å². The number of aliphatic hydroxyl groups is 1. The summed E-state index contributed by atoms with van der Waals surface area (Å²) >= 11 is 1.57. The smallest absolute Gasteiger partial charge is 0.338 e. The van der Waals surface area contributed by atoms with Crippen molar-refractivity contribution in [1.29, 1.82) is 0 Å². The molecule has 90 valence electrons. The highest BCUT2D eigenvalue weighted by Crippen LogP contribution is 2.08. The molecule has 0 amide bonds. The predicted octanol–water partition coefficient (Wildman–Crippen LogP) is 0.465. The third kappa shape index (κ3) is 3.55. The standard InChI is InChI=1S/C10H16N2O3S/c1-7-12-8(5-16-7)4-11-6-10(2,14)9(13)15-3/h5,11,14H,4,6H2,1-3H3. The van der Waals surface area contributed by atoms with Gasteiger partial charge in [0.15, 0.2) is 5.60 Å². The number of thiazole rings is 1. The highest BCUT2D eigenvalue weighted by atomic mass is 32.1. The van der Waals surface area contributed by atoms with Gasteiger partial charge in [-0.05, 0) is 13.8 Å². The van der Waals surface area contributed by atoms with Gasteiger partial charge in [0.05, 0.1) is 17.8 Å². The van der Waals surface area contributed by atoms with E-state index >= 15 is 0 Å². The lowest BCUT2D eigenvalue weighted by Gasteiger charge is -2.20. The molecule has 5 nitrogen and oxygen atoms in total. The maximum absolute atomic E-state index is 11.2. The summed E-state index contributed by atoms with van der Waals surface area (Å²) in [6, 6.07) is 0. The minimum atomic E-state index is -1.50. The molecule has 0 fully saturated rings. The first kappa shape index (κ1) is 13.1. The second kappa shape index (κ2) is 5.38. The zero-order chi connectivity index (χ0) is 12.2. The Morgan fingerprint density at radius 3 is 2.94 bits per heavy atom. The zero-order valence-electron chi connectivity index (χ0n) is 9.61. The lowest BCUT2D eigenvalue weighted by Crippen LogP contribution is -2.45. The molecule has 1 atom stereocenters. The SMILES string of the molecule is COC(=O)C(C)(O)CNCc1csc(C)n1. The van der Waals surface area contributed by atoms with Crippen LogP contribution in [-0.2, 0) is 16.1 Å². The van der Waals surface area contributed by atoms with Crippen LogP contribution >= 0.6 is 11.3 Å². The number of carbonyl (C=O) groups is 1. The van der Waals surface area contributed by atoms with Crippen molar-refractivity contribution in [2.75, 3.05) is 13.7 Å². The largest absolute Gasteiger partial charge is 0.467 e. The molecule has 0 saturated carbocycles. The lowest BCUT2D eigenvalue weighted by atomic mass is 10.1. The van der Waals surface area contributed by atoms with Crippen molar-refractivity contribution in [3.05, 3.63) is 16.1 Å². The van der Waals surface area contributed by atoms with Gasteiger partial charge in [-0.15, -0.1) is 11.3 Å². The summed E-state index contributed by atoms with van der Waals surface area (Å²) in [5.41, 5.74) is -0.594. The monoisotopic (exact) mass is 244 g/mol. The number of rotatable bonds is 5. The van der Waals surface area contributed by atoms with E-state index in [2.05, 4.69) is 15.0 Å². The van der Waals surface area contributed by atoms with E-state index in [0.717, 1.165) is 10.7 Å². The fourth-order valence-electron chi connectivity index (χ4n) is 1.22. The Kier molecular flexibility index (Phi) is 4.40. The van der Waals surface area contributed by atoms with Crippen LogP contribution in [-0.4, -0.2) is 35.3 Å². The van der Waals surface area contributed by atoms with E-state index in [1.807, 2.05) is 12.3 Å². The van der Waals surface area contributed by atoms with Gasteiger partial charge in [0, 0.05) is 18.5 Å². The quantitative estimate of drug-likeness (QED) is 0.737. The molecule has 2 N–H and O–H groups in total. The van der Waals surface area contributed by atoms with Crippen molar-refractivity contribution in [2.45, 2.75) is 26.0 Å². The van der Waals surface area contributed by atoms with Crippen molar-refractivity contribution in [2.24, 2.45) is 0 Å². The number of methoxy groups -OCH3 is 1. The van der Waals surface area contributed by atoms with Gasteiger partial charge in [0.2, 0.25) is 0 Å². The fourth-order valence-corrected chi connectivity index (χ4v) is 1.83. The number of nitrogens with one attached hydrogen (secondary N) is 1. The summed E-state index contributed by atoms with van der Waals surface area (Å²) < 4.78 is 4.48. The number of esters is 1. The van der Waals surface area contributed by atoms with E-state index in [9.17, 15) is 9.90 Å². The van der Waals surface area contributed by atoms with Crippen LogP contribution in [0, 0.1) is 6.92 Å². The first-order valence-electron chi connectivity index (χ1n) is 4.88. The van der Waals surface area contributed by atoms with Gasteiger partial charge in [-0.1, -0.05) is 0 Å². The van der Waals surface area contributed by atoms with E-state index in [4.69, 9.17) is 0 Å². The minimum Gasteiger partial charge on any atom is -0.467 e. The molecule has 1 aromatic heterocycles. The average Bonchev–Trinajstić information content (AvgIpc) is 2.62. The van der Waals surface area contributed by atoms with Crippen LogP contribution in [0.25, 0.3) is 0 Å². The summed E-state index contributed by atoms with van der Waals surface area (Å²) in [5, 5.41) is 15.6. The van der Waals surface area contributed by atoms with Gasteiger partial charge < -0.3 is 15.2 Å². The molecule has 0 aromatic carbocycles. The summed E-state index contributed by atoms with van der Waals surface area (Å²) in [4.78, 5) is 15.4. The Morgan fingerprint density at radius 1 is 1.75 bits per heavy atom. The topological polar surface area (TPSA) is 71.5 Å². The number of nitrogens with zero attached hydrogens (tertiary/aromatic N) is 1. The molecule has 0 saturated heterocycles. The van der Waals surface area contributed by atoms with E-state index in [1.54, 1.807) is 11.3 Å². The van der Waals surface area contributed by atoms with Gasteiger partial charge in [-0.2, -0.15) is 0 Å². The Labute approximate surface area is 98.5 Å². The summed E-state index contributed by atoms with van der Waals surface area (Å²) in [6.07, 6.45) is 0. The molecule has 1 unspecified atom stereocenters. The molecule has 16 heavy (non-hydrogen) atoms. The van der Waals surface area contributed by atoms with Crippen molar-refractivity contribution in [1.82, 2.24) is 10.3 Å². The molecule has 0 aliphatic carbocycles. The van der Waals surface area contributed by atoms with Crippen LogP contribution in [0.1, 0.15) is 17.6 Å². The number of hydrogen-bond acceptors (Lipinski definition) is 6. The number of carbonyl (C=O) groups excluding carboxylic acids is 1. The highest BCUT2D eigenvalue weighted by molar-refractivity contribution is 7.09. The van der Waals surface area contributed by atoms with Crippen LogP contribution in [0.15, 0.2) is 5.38 Å². The first-order valence-corrected chi connectivity index (χ1v) is 5.76. The van der Waals surface area contributed by atoms with Crippen molar-refractivity contribution in [3.8, 4) is 0 Å². The Morgan fingerprint density at radius 2 is 2.44 bits per heavy atom. The Hall–Kier alpha value is -0.980. The fraction of sp³-hybridized carbons (Fsp3) is 0.600. The van der Waals surface area contributed by atoms with Crippen molar-refractivity contribution in [3.63, 3.8) is 0 Å². The van der Waals surface area contributed by atoms with Gasteiger partial charge in [0.1, 0.15) is 0 Å². The third-order valence-electron chi connectivity index (χ3n) is 2.07. The minimum absolute atomic E-state index is 0.135. The average molecular weight is 244 g/mol. The number of aromatic nitrogens is 1. The van der Waals surface area contributed by atoms with E-state index in [1.165, 1.54) is 14.0 Å². The van der Waals surface area contributed by atoms with E-state index in [0.29, 0.717) is 6.54 Å². The van der Waals surface area contributed by atoms with Crippen LogP contribution < -0.4 is 5.32 Å². The van der Waals surface area contributed by atoms with E-state index < -0.39 is 11.6 Å². The normalized spacial score (nSPS) is 14.5. The molecular formula is C10H16N2O3S. The Balaban J connectivity index is 2.38. The van der Waals surface area contributed by atoms with Crippen LogP contribution in [0.5, 0.6) is 0 Å². The van der Waals surface area contributed by atoms with Gasteiger partial charge in [0.25, 0.3) is 0 Å². The van der Waals surface area contributed by atoms with Crippen LogP contribution in [0.3, 0.4) is 0 Å². The third-order valence-corrected chi connectivity index (χ3v) is 2.89. The summed E-state index contributed by atoms with van der Waals surface area (Å²) in [5.74, 6) is -0.644. The molecule has 0 bridgehead atoms. The number of aryl methyl sites for hydroxylation is 1. The van der Waals surface area contributed by atoms with E-state index in [-0.39, 0.29) is 6.54 Å². The summed E-state index contributed by atoms with van der Waals surface area (Å²) in [7, 11) is 1.25. The summed E-state index contributed by atoms with van der Waals surface area (Å²) in [6.45, 7) is 4.00. The zero-order valence-corrected chi connectivity index (χ0v) is 10.4. The molecular weight excluding hydrogens is 228 g/mol. The second-order valence-electron chi connectivity index (χ2n) is 3.73. The maximum Gasteiger partial charge on any atom is 0.338 e. The molecule has 0 aliphatic heterocycles. The van der Waals surface area contributed by atoms with Crippen molar-refractivity contribution >= 4 is 17.3 Å². The van der Waals surface area contributed by atoms with Gasteiger partial charge in [-0.3, -0.25) is 0 Å². The highest BCUT2D eigenvalue weighted by Gasteiger charge is 2.30. The molecule has 1 rings (SSSR count). The van der Waals surface area contributed by atoms with Gasteiger partial charge in [-0.25, -0.2) is 9.78 Å². The van der Waals surface area contributed by atoms with Gasteiger partial charge >= 0.3 is 5.97 Å². The molecule has 0 radical (unpaired) electrons. The number of hydrogen-bond donors (Lipinski definition) is 2. The molecule has 6 heteroatoms. The van der Waals surface area contributed by atoms with Crippen LogP contribution in [0.2, 0.25) is 0 Å². The Bertz CT molecular complexity index is 363. The molecule has 0 aliphatic rings. The lowest BCUT2D eigenvalue weighted by molar-refractivity contribution is -0.159. The number of ether oxygens (including phenoxy) is 1.